The van der Waals surface area contributed by atoms with E-state index in [1.165, 1.54) is 19.2 Å². The van der Waals surface area contributed by atoms with Gasteiger partial charge in [-0.05, 0) is 24.1 Å². The van der Waals surface area contributed by atoms with E-state index in [9.17, 15) is 9.60 Å². The second kappa shape index (κ2) is 2.83. The van der Waals surface area contributed by atoms with Crippen molar-refractivity contribution in [2.24, 2.45) is 0 Å². The smallest absolute Gasteiger partial charge is 0.194 e. The lowest BCUT2D eigenvalue weighted by Crippen LogP contribution is -2.09. The van der Waals surface area contributed by atoms with Crippen LogP contribution in [0.2, 0.25) is 0 Å². The number of hydrogen-bond acceptors (Lipinski definition) is 1. The van der Waals surface area contributed by atoms with Crippen LogP contribution >= 0.6 is 0 Å². The standard InChI is InChI=1S/C10H10FNO/c1-12(13)10-5-3-7-2-4-8(11)6-9(7)10/h2,4,6H,3,5H2,1H3/b12-10+. The highest BCUT2D eigenvalue weighted by atomic mass is 19.1. The fourth-order valence-electron chi connectivity index (χ4n) is 1.75. The first-order valence-electron chi connectivity index (χ1n) is 4.24. The zero-order valence-corrected chi connectivity index (χ0v) is 7.38. The Morgan fingerprint density at radius 3 is 2.85 bits per heavy atom. The van der Waals surface area contributed by atoms with E-state index in [4.69, 9.17) is 0 Å². The van der Waals surface area contributed by atoms with Gasteiger partial charge in [-0.1, -0.05) is 6.07 Å². The highest BCUT2D eigenvalue weighted by Gasteiger charge is 2.23. The van der Waals surface area contributed by atoms with Crippen LogP contribution in [0.15, 0.2) is 18.2 Å². The van der Waals surface area contributed by atoms with Crippen molar-refractivity contribution in [2.45, 2.75) is 12.8 Å². The Bertz CT molecular complexity index is 381. The van der Waals surface area contributed by atoms with Gasteiger partial charge in [0.2, 0.25) is 0 Å². The van der Waals surface area contributed by atoms with Gasteiger partial charge in [0.1, 0.15) is 12.9 Å². The van der Waals surface area contributed by atoms with Gasteiger partial charge in [-0.25, -0.2) is 9.13 Å². The van der Waals surface area contributed by atoms with E-state index in [2.05, 4.69) is 0 Å². The fraction of sp³-hybridized carbons (Fsp3) is 0.300. The van der Waals surface area contributed by atoms with Crippen LogP contribution in [0.25, 0.3) is 0 Å². The average molecular weight is 179 g/mol. The molecule has 0 spiro atoms. The van der Waals surface area contributed by atoms with Crippen LogP contribution in [-0.2, 0) is 6.42 Å². The molecule has 1 aromatic rings. The minimum absolute atomic E-state index is 0.278. The summed E-state index contributed by atoms with van der Waals surface area (Å²) >= 11 is 0. The molecule has 1 aromatic carbocycles. The van der Waals surface area contributed by atoms with E-state index < -0.39 is 0 Å². The molecule has 0 saturated heterocycles. The first-order chi connectivity index (χ1) is 6.18. The summed E-state index contributed by atoms with van der Waals surface area (Å²) in [5, 5.41) is 11.1. The molecule has 68 valence electrons. The number of benzene rings is 1. The number of hydrogen-bond donors (Lipinski definition) is 0. The molecule has 0 heterocycles. The molecule has 0 amide bonds. The molecule has 13 heavy (non-hydrogen) atoms. The van der Waals surface area contributed by atoms with Gasteiger partial charge in [0.25, 0.3) is 0 Å². The molecule has 0 bridgehead atoms. The van der Waals surface area contributed by atoms with E-state index in [0.717, 1.165) is 28.7 Å². The molecular weight excluding hydrogens is 169 g/mol. The molecule has 0 radical (unpaired) electrons. The Kier molecular flexibility index (Phi) is 1.79. The fourth-order valence-corrected chi connectivity index (χ4v) is 1.75. The summed E-state index contributed by atoms with van der Waals surface area (Å²) in [5.41, 5.74) is 2.53. The van der Waals surface area contributed by atoms with Crippen molar-refractivity contribution in [3.8, 4) is 0 Å². The summed E-state index contributed by atoms with van der Waals surface area (Å²) in [6, 6.07) is 4.62. The predicted octanol–water partition coefficient (Wildman–Crippen LogP) is 1.70. The molecule has 0 N–H and O–H groups in total. The molecule has 2 nitrogen and oxygen atoms in total. The van der Waals surface area contributed by atoms with Crippen LogP contribution < -0.4 is 0 Å². The Morgan fingerprint density at radius 2 is 2.15 bits per heavy atom. The van der Waals surface area contributed by atoms with Gasteiger partial charge in [0, 0.05) is 12.0 Å². The van der Waals surface area contributed by atoms with Gasteiger partial charge in [-0.3, -0.25) is 0 Å². The van der Waals surface area contributed by atoms with Crippen molar-refractivity contribution in [3.63, 3.8) is 0 Å². The molecule has 0 atom stereocenters. The van der Waals surface area contributed by atoms with Gasteiger partial charge < -0.3 is 5.21 Å². The minimum Gasteiger partial charge on any atom is -0.624 e. The normalized spacial score (nSPS) is 18.6. The van der Waals surface area contributed by atoms with E-state index in [1.54, 1.807) is 6.07 Å². The summed E-state index contributed by atoms with van der Waals surface area (Å²) in [5.74, 6) is -0.278. The molecule has 1 aliphatic rings. The molecule has 0 unspecified atom stereocenters. The van der Waals surface area contributed by atoms with Crippen molar-refractivity contribution in [3.05, 3.63) is 40.4 Å². The van der Waals surface area contributed by atoms with Crippen LogP contribution in [0.5, 0.6) is 0 Å². The summed E-state index contributed by atoms with van der Waals surface area (Å²) in [7, 11) is 1.45. The lowest BCUT2D eigenvalue weighted by Gasteiger charge is -2.01. The number of nitrogens with zero attached hydrogens (tertiary/aromatic N) is 1. The van der Waals surface area contributed by atoms with Gasteiger partial charge in [0.15, 0.2) is 5.71 Å². The van der Waals surface area contributed by atoms with Crippen molar-refractivity contribution >= 4 is 5.71 Å². The van der Waals surface area contributed by atoms with Crippen molar-refractivity contribution in [1.29, 1.82) is 0 Å². The van der Waals surface area contributed by atoms with E-state index in [-0.39, 0.29) is 5.82 Å². The Balaban J connectivity index is 2.59. The number of halogens is 1. The largest absolute Gasteiger partial charge is 0.624 e. The third kappa shape index (κ3) is 1.30. The van der Waals surface area contributed by atoms with E-state index in [1.807, 2.05) is 0 Å². The number of hydroxylamine groups is 1. The quantitative estimate of drug-likeness (QED) is 0.338. The zero-order valence-electron chi connectivity index (χ0n) is 7.38. The van der Waals surface area contributed by atoms with Gasteiger partial charge in [-0.2, -0.15) is 0 Å². The van der Waals surface area contributed by atoms with E-state index >= 15 is 0 Å². The van der Waals surface area contributed by atoms with E-state index in [0.29, 0.717) is 5.71 Å². The molecule has 0 aromatic heterocycles. The van der Waals surface area contributed by atoms with Crippen LogP contribution in [0.1, 0.15) is 17.5 Å². The summed E-state index contributed by atoms with van der Waals surface area (Å²) < 4.78 is 13.7. The van der Waals surface area contributed by atoms with Gasteiger partial charge in [-0.15, -0.1) is 0 Å². The Hall–Kier alpha value is -1.38. The third-order valence-corrected chi connectivity index (χ3v) is 2.39. The van der Waals surface area contributed by atoms with Crippen LogP contribution in [0.3, 0.4) is 0 Å². The highest BCUT2D eigenvalue weighted by molar-refractivity contribution is 6.01. The van der Waals surface area contributed by atoms with Gasteiger partial charge in [0.05, 0.1) is 0 Å². The van der Waals surface area contributed by atoms with Crippen LogP contribution in [-0.4, -0.2) is 17.5 Å². The second-order valence-electron chi connectivity index (χ2n) is 3.25. The SMILES string of the molecule is C/[N+]([O-])=C1/CCc2ccc(F)cc21. The monoisotopic (exact) mass is 179 g/mol. The maximum Gasteiger partial charge on any atom is 0.194 e. The summed E-state index contributed by atoms with van der Waals surface area (Å²) in [6.07, 6.45) is 1.57. The third-order valence-electron chi connectivity index (χ3n) is 2.39. The van der Waals surface area contributed by atoms with Crippen molar-refractivity contribution < 1.29 is 9.13 Å². The van der Waals surface area contributed by atoms with Gasteiger partial charge >= 0.3 is 0 Å². The number of rotatable bonds is 0. The number of aryl methyl sites for hydroxylation is 1. The molecule has 3 heteroatoms. The maximum absolute atomic E-state index is 12.9. The molecule has 2 rings (SSSR count). The first-order valence-corrected chi connectivity index (χ1v) is 4.24. The topological polar surface area (TPSA) is 26.1 Å². The Morgan fingerprint density at radius 1 is 1.38 bits per heavy atom. The minimum atomic E-state index is -0.278. The lowest BCUT2D eigenvalue weighted by molar-refractivity contribution is -0.423. The first kappa shape index (κ1) is 8.23. The Labute approximate surface area is 75.9 Å². The van der Waals surface area contributed by atoms with Crippen molar-refractivity contribution in [2.75, 3.05) is 7.05 Å². The molecular formula is C10H10FNO. The second-order valence-corrected chi connectivity index (χ2v) is 3.25. The zero-order chi connectivity index (χ0) is 9.42. The highest BCUT2D eigenvalue weighted by Crippen LogP contribution is 2.22. The maximum atomic E-state index is 12.9. The summed E-state index contributed by atoms with van der Waals surface area (Å²) in [4.78, 5) is 0. The lowest BCUT2D eigenvalue weighted by atomic mass is 10.1. The van der Waals surface area contributed by atoms with Crippen LogP contribution in [0, 0.1) is 11.0 Å². The average Bonchev–Trinajstić information content (AvgIpc) is 2.46. The molecule has 0 saturated carbocycles. The predicted molar refractivity (Wildman–Crippen MR) is 48.4 cm³/mol. The summed E-state index contributed by atoms with van der Waals surface area (Å²) in [6.45, 7) is 0. The van der Waals surface area contributed by atoms with Crippen molar-refractivity contribution in [1.82, 2.24) is 0 Å². The molecule has 1 aliphatic carbocycles. The number of fused-ring (bicyclic) bond motifs is 1. The molecule has 0 aliphatic heterocycles. The molecule has 0 fully saturated rings. The van der Waals surface area contributed by atoms with Crippen LogP contribution in [0.4, 0.5) is 4.39 Å².